The minimum Gasteiger partial charge on any atom is -0.462 e. The minimum atomic E-state index is -0.508. The molecule has 2 aromatic carbocycles. The van der Waals surface area contributed by atoms with Crippen molar-refractivity contribution in [1.82, 2.24) is 4.57 Å². The van der Waals surface area contributed by atoms with Gasteiger partial charge in [-0.05, 0) is 87.4 Å². The van der Waals surface area contributed by atoms with E-state index >= 15 is 0 Å². The normalized spacial score (nSPS) is 11.1. The maximum atomic E-state index is 12.7. The molecule has 0 spiro atoms. The van der Waals surface area contributed by atoms with Gasteiger partial charge in [-0.3, -0.25) is 4.79 Å². The zero-order chi connectivity index (χ0) is 24.1. The highest BCUT2D eigenvalue weighted by molar-refractivity contribution is 6.31. The monoisotopic (exact) mass is 461 g/mol. The Morgan fingerprint density at radius 3 is 2.48 bits per heavy atom. The van der Waals surface area contributed by atoms with Crippen LogP contribution in [0.5, 0.6) is 0 Å². The van der Waals surface area contributed by atoms with Gasteiger partial charge < -0.3 is 14.6 Å². The molecule has 168 valence electrons. The smallest absolute Gasteiger partial charge is 0.338 e. The summed E-state index contributed by atoms with van der Waals surface area (Å²) in [6, 6.07) is 16.2. The zero-order valence-corrected chi connectivity index (χ0v) is 19.7. The summed E-state index contributed by atoms with van der Waals surface area (Å²) >= 11 is 6.12. The van der Waals surface area contributed by atoms with Gasteiger partial charge in [0.2, 0.25) is 0 Å². The second-order valence-corrected chi connectivity index (χ2v) is 7.87. The lowest BCUT2D eigenvalue weighted by molar-refractivity contribution is -0.112. The number of rotatable bonds is 6. The predicted molar refractivity (Wildman–Crippen MR) is 130 cm³/mol. The topological polar surface area (TPSA) is 84.1 Å². The van der Waals surface area contributed by atoms with E-state index < -0.39 is 5.91 Å². The van der Waals surface area contributed by atoms with Crippen molar-refractivity contribution in [3.63, 3.8) is 0 Å². The molecule has 0 unspecified atom stereocenters. The highest BCUT2D eigenvalue weighted by atomic mass is 35.5. The number of hydrogen-bond acceptors (Lipinski definition) is 4. The number of nitrogens with one attached hydrogen (secondary N) is 1. The molecule has 0 fully saturated rings. The molecule has 0 aliphatic rings. The van der Waals surface area contributed by atoms with Gasteiger partial charge in [-0.25, -0.2) is 4.79 Å². The van der Waals surface area contributed by atoms with Crippen LogP contribution in [0.2, 0.25) is 5.02 Å². The third kappa shape index (κ3) is 5.16. The lowest BCUT2D eigenvalue weighted by Gasteiger charge is -2.11. The summed E-state index contributed by atoms with van der Waals surface area (Å²) < 4.78 is 7.03. The summed E-state index contributed by atoms with van der Waals surface area (Å²) in [4.78, 5) is 24.7. The molecule has 0 atom stereocenters. The van der Waals surface area contributed by atoms with Crippen molar-refractivity contribution in [3.8, 4) is 11.8 Å². The molecule has 1 amide bonds. The van der Waals surface area contributed by atoms with E-state index in [-0.39, 0.29) is 11.5 Å². The van der Waals surface area contributed by atoms with Crippen LogP contribution in [-0.2, 0) is 9.53 Å². The number of nitriles is 1. The minimum absolute atomic E-state index is 0.0210. The molecular formula is C26H24ClN3O3. The molecule has 0 aliphatic carbocycles. The molecule has 1 N–H and O–H groups in total. The van der Waals surface area contributed by atoms with Crippen LogP contribution < -0.4 is 5.32 Å². The average Bonchev–Trinajstić information content (AvgIpc) is 3.08. The standard InChI is InChI=1S/C26H24ClN3O3/c1-5-33-26(32)19-9-11-22(12-10-19)30-16(2)13-20(18(30)4)14-21(15-28)25(31)29-24-8-6-7-23(27)17(24)3/h6-14H,5H2,1-4H3,(H,29,31)/b21-14+. The fraction of sp³-hybridized carbons (Fsp3) is 0.192. The van der Waals surface area contributed by atoms with Crippen LogP contribution in [0, 0.1) is 32.1 Å². The number of nitrogens with zero attached hydrogens (tertiary/aromatic N) is 2. The molecule has 3 aromatic rings. The summed E-state index contributed by atoms with van der Waals surface area (Å²) in [6.07, 6.45) is 1.57. The Morgan fingerprint density at radius 2 is 1.85 bits per heavy atom. The van der Waals surface area contributed by atoms with E-state index in [0.29, 0.717) is 22.9 Å². The molecule has 0 saturated carbocycles. The summed E-state index contributed by atoms with van der Waals surface area (Å²) in [5, 5.41) is 12.9. The van der Waals surface area contributed by atoms with Crippen LogP contribution in [0.4, 0.5) is 5.69 Å². The largest absolute Gasteiger partial charge is 0.462 e. The van der Waals surface area contributed by atoms with Crippen molar-refractivity contribution >= 4 is 35.2 Å². The van der Waals surface area contributed by atoms with Crippen molar-refractivity contribution < 1.29 is 14.3 Å². The highest BCUT2D eigenvalue weighted by Gasteiger charge is 2.15. The van der Waals surface area contributed by atoms with Gasteiger partial charge in [0.25, 0.3) is 5.91 Å². The van der Waals surface area contributed by atoms with E-state index in [2.05, 4.69) is 5.32 Å². The third-order valence-corrected chi connectivity index (χ3v) is 5.70. The molecule has 3 rings (SSSR count). The number of benzene rings is 2. The Morgan fingerprint density at radius 1 is 1.15 bits per heavy atom. The summed E-state index contributed by atoms with van der Waals surface area (Å²) in [7, 11) is 0. The number of ether oxygens (including phenoxy) is 1. The Labute approximate surface area is 198 Å². The maximum Gasteiger partial charge on any atom is 0.338 e. The molecule has 7 heteroatoms. The third-order valence-electron chi connectivity index (χ3n) is 5.29. The SMILES string of the molecule is CCOC(=O)c1ccc(-n2c(C)cc(/C=C(\C#N)C(=O)Nc3cccc(Cl)c3C)c2C)cc1. The highest BCUT2D eigenvalue weighted by Crippen LogP contribution is 2.25. The summed E-state index contributed by atoms with van der Waals surface area (Å²) in [5.74, 6) is -0.875. The van der Waals surface area contributed by atoms with E-state index in [1.807, 2.05) is 42.7 Å². The predicted octanol–water partition coefficient (Wildman–Crippen LogP) is 5.78. The zero-order valence-electron chi connectivity index (χ0n) is 18.9. The number of amides is 1. The molecular weight excluding hydrogens is 438 g/mol. The van der Waals surface area contributed by atoms with Crippen molar-refractivity contribution in [2.24, 2.45) is 0 Å². The molecule has 6 nitrogen and oxygen atoms in total. The lowest BCUT2D eigenvalue weighted by Crippen LogP contribution is -2.14. The van der Waals surface area contributed by atoms with Crippen LogP contribution >= 0.6 is 11.6 Å². The van der Waals surface area contributed by atoms with E-state index in [4.69, 9.17) is 16.3 Å². The number of halogens is 1. The molecule has 0 aliphatic heterocycles. The number of hydrogen-bond donors (Lipinski definition) is 1. The number of esters is 1. The van der Waals surface area contributed by atoms with Gasteiger partial charge in [0.1, 0.15) is 11.6 Å². The summed E-state index contributed by atoms with van der Waals surface area (Å²) in [5.41, 5.74) is 5.12. The second kappa shape index (κ2) is 10.2. The molecule has 0 bridgehead atoms. The van der Waals surface area contributed by atoms with Crippen LogP contribution in [-0.4, -0.2) is 23.1 Å². The van der Waals surface area contributed by atoms with E-state index in [1.165, 1.54) is 0 Å². The van der Waals surface area contributed by atoms with Crippen molar-refractivity contribution in [3.05, 3.63) is 87.2 Å². The molecule has 1 aromatic heterocycles. The van der Waals surface area contributed by atoms with Gasteiger partial charge in [0.05, 0.1) is 12.2 Å². The van der Waals surface area contributed by atoms with Gasteiger partial charge in [0, 0.05) is 27.8 Å². The Kier molecular flexibility index (Phi) is 7.37. The fourth-order valence-electron chi connectivity index (χ4n) is 3.53. The molecule has 0 saturated heterocycles. The van der Waals surface area contributed by atoms with Crippen LogP contribution in [0.1, 0.15) is 39.8 Å². The van der Waals surface area contributed by atoms with Gasteiger partial charge in [0.15, 0.2) is 0 Å². The van der Waals surface area contributed by atoms with Crippen LogP contribution in [0.25, 0.3) is 11.8 Å². The van der Waals surface area contributed by atoms with Crippen LogP contribution in [0.3, 0.4) is 0 Å². The number of carbonyl (C=O) groups is 2. The van der Waals surface area contributed by atoms with Gasteiger partial charge >= 0.3 is 5.97 Å². The first-order valence-electron chi connectivity index (χ1n) is 10.4. The maximum absolute atomic E-state index is 12.7. The van der Waals surface area contributed by atoms with Crippen molar-refractivity contribution in [2.45, 2.75) is 27.7 Å². The first-order valence-corrected chi connectivity index (χ1v) is 10.8. The van der Waals surface area contributed by atoms with Crippen molar-refractivity contribution in [2.75, 3.05) is 11.9 Å². The van der Waals surface area contributed by atoms with E-state index in [1.54, 1.807) is 50.3 Å². The van der Waals surface area contributed by atoms with Crippen molar-refractivity contribution in [1.29, 1.82) is 5.26 Å². The van der Waals surface area contributed by atoms with E-state index in [0.717, 1.165) is 28.2 Å². The molecule has 0 radical (unpaired) electrons. The summed E-state index contributed by atoms with van der Waals surface area (Å²) in [6.45, 7) is 7.73. The first kappa shape index (κ1) is 23.8. The van der Waals surface area contributed by atoms with Gasteiger partial charge in [-0.1, -0.05) is 17.7 Å². The average molecular weight is 462 g/mol. The van der Waals surface area contributed by atoms with Gasteiger partial charge in [-0.2, -0.15) is 5.26 Å². The Balaban J connectivity index is 1.90. The quantitative estimate of drug-likeness (QED) is 0.286. The molecule has 33 heavy (non-hydrogen) atoms. The number of aromatic nitrogens is 1. The van der Waals surface area contributed by atoms with Crippen LogP contribution in [0.15, 0.2) is 54.1 Å². The fourth-order valence-corrected chi connectivity index (χ4v) is 3.70. The Bertz CT molecular complexity index is 1280. The number of anilines is 1. The second-order valence-electron chi connectivity index (χ2n) is 7.47. The van der Waals surface area contributed by atoms with Gasteiger partial charge in [-0.15, -0.1) is 0 Å². The van der Waals surface area contributed by atoms with E-state index in [9.17, 15) is 14.9 Å². The Hall–Kier alpha value is -3.82. The number of carbonyl (C=O) groups excluding carboxylic acids is 2. The lowest BCUT2D eigenvalue weighted by atomic mass is 10.1. The molecule has 1 heterocycles. The number of aryl methyl sites for hydroxylation is 1. The first-order chi connectivity index (χ1) is 15.8.